The zero-order valence-electron chi connectivity index (χ0n) is 17.6. The highest BCUT2D eigenvalue weighted by atomic mass is 127. The van der Waals surface area contributed by atoms with Crippen LogP contribution in [0.1, 0.15) is 44.9 Å². The second-order valence-corrected chi connectivity index (χ2v) is 11.4. The summed E-state index contributed by atoms with van der Waals surface area (Å²) in [5.74, 6) is 2.64. The highest BCUT2D eigenvalue weighted by Gasteiger charge is 2.27. The lowest BCUT2D eigenvalue weighted by Crippen LogP contribution is -2.51. The average Bonchev–Trinajstić information content (AvgIpc) is 2.74. The van der Waals surface area contributed by atoms with Crippen LogP contribution in [0.2, 0.25) is 0 Å². The molecule has 0 bridgehead atoms. The van der Waals surface area contributed by atoms with Crippen LogP contribution in [0.15, 0.2) is 4.99 Å². The van der Waals surface area contributed by atoms with Gasteiger partial charge in [-0.25, -0.2) is 12.7 Å². The molecule has 29 heavy (non-hydrogen) atoms. The SMILES string of the molecule is CN=C(NCCS(=O)(=O)N1CCSCC1)NC1CCN(C2CCCCC2)CC1.I. The monoisotopic (exact) mass is 559 g/mol. The van der Waals surface area contributed by atoms with Gasteiger partial charge in [0.25, 0.3) is 0 Å². The molecule has 2 heterocycles. The molecule has 0 aromatic rings. The van der Waals surface area contributed by atoms with Crippen molar-refractivity contribution in [1.29, 1.82) is 0 Å². The molecule has 10 heteroatoms. The Morgan fingerprint density at radius 3 is 2.31 bits per heavy atom. The van der Waals surface area contributed by atoms with Crippen LogP contribution in [0.4, 0.5) is 0 Å². The predicted molar refractivity (Wildman–Crippen MR) is 134 cm³/mol. The van der Waals surface area contributed by atoms with E-state index >= 15 is 0 Å². The zero-order valence-corrected chi connectivity index (χ0v) is 21.6. The molecule has 0 radical (unpaired) electrons. The molecule has 0 unspecified atom stereocenters. The minimum absolute atomic E-state index is 0. The van der Waals surface area contributed by atoms with Crippen LogP contribution in [0, 0.1) is 0 Å². The van der Waals surface area contributed by atoms with Gasteiger partial charge in [0, 0.05) is 63.4 Å². The predicted octanol–water partition coefficient (Wildman–Crippen LogP) is 1.95. The Balaban J connectivity index is 0.00000300. The van der Waals surface area contributed by atoms with E-state index in [0.29, 0.717) is 25.7 Å². The number of likely N-dealkylation sites (tertiary alicyclic amines) is 1. The Morgan fingerprint density at radius 1 is 1.03 bits per heavy atom. The van der Waals surface area contributed by atoms with Gasteiger partial charge >= 0.3 is 0 Å². The van der Waals surface area contributed by atoms with Gasteiger partial charge in [-0.1, -0.05) is 19.3 Å². The topological polar surface area (TPSA) is 77.0 Å². The second kappa shape index (κ2) is 12.9. The van der Waals surface area contributed by atoms with Crippen molar-refractivity contribution in [2.75, 3.05) is 57.0 Å². The molecule has 0 aromatic heterocycles. The fourth-order valence-electron chi connectivity index (χ4n) is 4.50. The third-order valence-corrected chi connectivity index (χ3v) is 9.02. The standard InChI is InChI=1S/C19H37N5O2S2.HI/c1-20-19(21-9-16-28(25,26)24-12-14-27-15-13-24)22-17-7-10-23(11-8-17)18-5-3-2-4-6-18;/h17-18H,2-16H2,1H3,(H2,20,21,22);1H. The third kappa shape index (κ3) is 8.01. The number of rotatable bonds is 6. The molecular formula is C19H38IN5O2S2. The maximum absolute atomic E-state index is 12.4. The van der Waals surface area contributed by atoms with E-state index in [-0.39, 0.29) is 29.7 Å². The first-order valence-electron chi connectivity index (χ1n) is 10.9. The Kier molecular flexibility index (Phi) is 11.4. The number of guanidine groups is 1. The van der Waals surface area contributed by atoms with Crippen molar-refractivity contribution in [2.24, 2.45) is 4.99 Å². The van der Waals surface area contributed by atoms with Crippen LogP contribution in [0.25, 0.3) is 0 Å². The van der Waals surface area contributed by atoms with Crippen molar-refractivity contribution in [3.8, 4) is 0 Å². The summed E-state index contributed by atoms with van der Waals surface area (Å²) >= 11 is 1.82. The molecule has 0 aromatic carbocycles. The molecule has 170 valence electrons. The molecule has 0 amide bonds. The van der Waals surface area contributed by atoms with Gasteiger partial charge in [-0.15, -0.1) is 24.0 Å². The first-order valence-corrected chi connectivity index (χ1v) is 13.6. The lowest BCUT2D eigenvalue weighted by Gasteiger charge is -2.39. The summed E-state index contributed by atoms with van der Waals surface area (Å²) in [5.41, 5.74) is 0. The van der Waals surface area contributed by atoms with E-state index in [9.17, 15) is 8.42 Å². The molecule has 7 nitrogen and oxygen atoms in total. The van der Waals surface area contributed by atoms with Gasteiger partial charge in [0.1, 0.15) is 0 Å². The maximum Gasteiger partial charge on any atom is 0.215 e. The largest absolute Gasteiger partial charge is 0.355 e. The number of sulfonamides is 1. The second-order valence-electron chi connectivity index (χ2n) is 8.07. The molecule has 3 fully saturated rings. The number of hydrogen-bond acceptors (Lipinski definition) is 5. The fourth-order valence-corrected chi connectivity index (χ4v) is 6.99. The summed E-state index contributed by atoms with van der Waals surface area (Å²) in [7, 11) is -1.42. The summed E-state index contributed by atoms with van der Waals surface area (Å²) in [6.07, 6.45) is 9.17. The number of hydrogen-bond donors (Lipinski definition) is 2. The minimum Gasteiger partial charge on any atom is -0.355 e. The summed E-state index contributed by atoms with van der Waals surface area (Å²) < 4.78 is 26.5. The summed E-state index contributed by atoms with van der Waals surface area (Å²) in [4.78, 5) is 6.97. The van der Waals surface area contributed by atoms with Crippen LogP contribution in [0.3, 0.4) is 0 Å². The van der Waals surface area contributed by atoms with Gasteiger partial charge in [0.15, 0.2) is 5.96 Å². The van der Waals surface area contributed by atoms with Crippen molar-refractivity contribution < 1.29 is 8.42 Å². The number of nitrogens with one attached hydrogen (secondary N) is 2. The Morgan fingerprint density at radius 2 is 1.69 bits per heavy atom. The van der Waals surface area contributed by atoms with Crippen LogP contribution in [0.5, 0.6) is 0 Å². The van der Waals surface area contributed by atoms with E-state index in [2.05, 4.69) is 20.5 Å². The van der Waals surface area contributed by atoms with Crippen molar-refractivity contribution in [2.45, 2.75) is 57.0 Å². The molecule has 1 aliphatic carbocycles. The van der Waals surface area contributed by atoms with E-state index < -0.39 is 10.0 Å². The quantitative estimate of drug-likeness (QED) is 0.295. The van der Waals surface area contributed by atoms with Crippen LogP contribution in [-0.4, -0.2) is 92.7 Å². The number of aliphatic imine (C=N–C) groups is 1. The molecule has 2 saturated heterocycles. The first-order chi connectivity index (χ1) is 13.6. The van der Waals surface area contributed by atoms with Crippen molar-refractivity contribution in [3.05, 3.63) is 0 Å². The molecule has 3 aliphatic rings. The summed E-state index contributed by atoms with van der Waals surface area (Å²) in [6.45, 7) is 3.98. The van der Waals surface area contributed by atoms with Gasteiger partial charge < -0.3 is 15.5 Å². The summed E-state index contributed by atoms with van der Waals surface area (Å²) in [5, 5.41) is 6.70. The van der Waals surface area contributed by atoms with Crippen molar-refractivity contribution in [3.63, 3.8) is 0 Å². The highest BCUT2D eigenvalue weighted by Crippen LogP contribution is 2.25. The molecular weight excluding hydrogens is 521 g/mol. The van der Waals surface area contributed by atoms with E-state index in [0.717, 1.165) is 49.4 Å². The lowest BCUT2D eigenvalue weighted by atomic mass is 9.92. The maximum atomic E-state index is 12.4. The molecule has 0 spiro atoms. The Hall–Kier alpha value is 0.220. The van der Waals surface area contributed by atoms with Crippen molar-refractivity contribution >= 4 is 51.7 Å². The number of thioether (sulfide) groups is 1. The molecule has 2 N–H and O–H groups in total. The smallest absolute Gasteiger partial charge is 0.215 e. The number of piperidine rings is 1. The Labute approximate surface area is 198 Å². The van der Waals surface area contributed by atoms with E-state index in [1.165, 1.54) is 32.1 Å². The molecule has 0 atom stereocenters. The minimum atomic E-state index is -3.17. The fraction of sp³-hybridized carbons (Fsp3) is 0.947. The number of halogens is 1. The average molecular weight is 560 g/mol. The lowest BCUT2D eigenvalue weighted by molar-refractivity contribution is 0.119. The first kappa shape index (κ1) is 25.5. The molecule has 2 aliphatic heterocycles. The highest BCUT2D eigenvalue weighted by molar-refractivity contribution is 14.0. The third-order valence-electron chi connectivity index (χ3n) is 6.20. The molecule has 3 rings (SSSR count). The van der Waals surface area contributed by atoms with Gasteiger partial charge in [0.05, 0.1) is 5.75 Å². The van der Waals surface area contributed by atoms with E-state index in [4.69, 9.17) is 0 Å². The van der Waals surface area contributed by atoms with Gasteiger partial charge in [-0.3, -0.25) is 4.99 Å². The van der Waals surface area contributed by atoms with E-state index in [1.54, 1.807) is 11.4 Å². The number of nitrogens with zero attached hydrogens (tertiary/aromatic N) is 3. The van der Waals surface area contributed by atoms with Gasteiger partial charge in [-0.05, 0) is 25.7 Å². The van der Waals surface area contributed by atoms with Gasteiger partial charge in [-0.2, -0.15) is 11.8 Å². The summed E-state index contributed by atoms with van der Waals surface area (Å²) in [6, 6.07) is 1.22. The van der Waals surface area contributed by atoms with Crippen LogP contribution in [-0.2, 0) is 10.0 Å². The molecule has 1 saturated carbocycles. The van der Waals surface area contributed by atoms with Crippen LogP contribution < -0.4 is 10.6 Å². The van der Waals surface area contributed by atoms with Crippen molar-refractivity contribution in [1.82, 2.24) is 19.8 Å². The Bertz CT molecular complexity index is 600. The van der Waals surface area contributed by atoms with E-state index in [1.807, 2.05) is 11.8 Å². The van der Waals surface area contributed by atoms with Crippen LogP contribution >= 0.6 is 35.7 Å². The zero-order chi connectivity index (χ0) is 19.8. The van der Waals surface area contributed by atoms with Gasteiger partial charge in [0.2, 0.25) is 10.0 Å². The normalized spacial score (nSPS) is 24.1.